The topological polar surface area (TPSA) is 38.7 Å². The molecule has 0 saturated heterocycles. The number of aromatic nitrogens is 3. The minimum absolute atomic E-state index is 0.120. The van der Waals surface area contributed by atoms with E-state index in [0.29, 0.717) is 5.82 Å². The number of fused-ring (bicyclic) bond motifs is 5. The average molecular weight is 602 g/mol. The second-order valence-corrected chi connectivity index (χ2v) is 12.9. The molecule has 6 aromatic carbocycles. The number of hydrogen-bond donors (Lipinski definition) is 0. The Morgan fingerprint density at radius 3 is 1.94 bits per heavy atom. The Balaban J connectivity index is 1.28. The summed E-state index contributed by atoms with van der Waals surface area (Å²) in [5.74, 6) is 0.692. The third kappa shape index (κ3) is 4.46. The molecule has 0 aliphatic heterocycles. The fourth-order valence-corrected chi connectivity index (χ4v) is 7.30. The molecule has 3 heteroatoms. The fourth-order valence-electron chi connectivity index (χ4n) is 7.30. The van der Waals surface area contributed by atoms with Gasteiger partial charge in [0.25, 0.3) is 0 Å². The largest absolute Gasteiger partial charge is 0.256 e. The van der Waals surface area contributed by atoms with Gasteiger partial charge in [0.05, 0.1) is 16.9 Å². The predicted molar refractivity (Wildman–Crippen MR) is 194 cm³/mol. The third-order valence-corrected chi connectivity index (χ3v) is 9.70. The van der Waals surface area contributed by atoms with Crippen molar-refractivity contribution < 1.29 is 0 Å². The van der Waals surface area contributed by atoms with E-state index in [2.05, 4.69) is 123 Å². The number of benzene rings is 6. The number of rotatable bonds is 4. The van der Waals surface area contributed by atoms with Gasteiger partial charge in [-0.1, -0.05) is 129 Å². The van der Waals surface area contributed by atoms with Crippen LogP contribution in [0.3, 0.4) is 0 Å². The SMILES string of the molecule is CC1(C)c2cc3ccccc3cc2-c2c(-c3ccccc3-c3cc(-c4cnc5ccccc5c4)nc(-c4ccccc4)n3)cccc21. The van der Waals surface area contributed by atoms with Crippen molar-refractivity contribution in [1.29, 1.82) is 0 Å². The molecular weight excluding hydrogens is 571 g/mol. The molecule has 0 radical (unpaired) electrons. The van der Waals surface area contributed by atoms with E-state index in [-0.39, 0.29) is 5.41 Å². The third-order valence-electron chi connectivity index (χ3n) is 9.70. The highest BCUT2D eigenvalue weighted by molar-refractivity contribution is 6.00. The van der Waals surface area contributed by atoms with E-state index in [9.17, 15) is 0 Å². The van der Waals surface area contributed by atoms with Crippen molar-refractivity contribution in [3.05, 3.63) is 163 Å². The van der Waals surface area contributed by atoms with Crippen LogP contribution in [0.25, 0.3) is 77.8 Å². The van der Waals surface area contributed by atoms with Crippen LogP contribution in [-0.4, -0.2) is 15.0 Å². The van der Waals surface area contributed by atoms with Crippen LogP contribution in [0.5, 0.6) is 0 Å². The smallest absolute Gasteiger partial charge is 0.160 e. The summed E-state index contributed by atoms with van der Waals surface area (Å²) in [5, 5.41) is 3.62. The van der Waals surface area contributed by atoms with Gasteiger partial charge < -0.3 is 0 Å². The maximum atomic E-state index is 5.22. The van der Waals surface area contributed by atoms with Crippen LogP contribution in [0.15, 0.2) is 152 Å². The van der Waals surface area contributed by atoms with E-state index >= 15 is 0 Å². The zero-order chi connectivity index (χ0) is 31.5. The molecule has 0 atom stereocenters. The Bertz CT molecular complexity index is 2490. The van der Waals surface area contributed by atoms with Crippen LogP contribution < -0.4 is 0 Å². The van der Waals surface area contributed by atoms with Crippen LogP contribution in [0.4, 0.5) is 0 Å². The highest BCUT2D eigenvalue weighted by Crippen LogP contribution is 2.53. The minimum Gasteiger partial charge on any atom is -0.256 e. The molecule has 2 heterocycles. The van der Waals surface area contributed by atoms with Crippen molar-refractivity contribution in [2.24, 2.45) is 0 Å². The molecule has 9 rings (SSSR count). The number of pyridine rings is 1. The molecule has 0 unspecified atom stereocenters. The first-order chi connectivity index (χ1) is 23.0. The molecule has 1 aliphatic rings. The van der Waals surface area contributed by atoms with Crippen LogP contribution in [0.2, 0.25) is 0 Å². The standard InChI is InChI=1S/C44H31N3/c1-44(2)37-21-12-20-35(42(37)36-24-29-15-6-7-16-30(29)25-38(36)44)33-18-9-10-19-34(33)41-26-40(46-43(47-41)28-13-4-3-5-14-28)32-23-31-17-8-11-22-39(31)45-27-32/h3-27H,1-2H3. The molecule has 0 N–H and O–H groups in total. The van der Waals surface area contributed by atoms with Crippen LogP contribution >= 0.6 is 0 Å². The lowest BCUT2D eigenvalue weighted by molar-refractivity contribution is 0.661. The van der Waals surface area contributed by atoms with Gasteiger partial charge in [-0.2, -0.15) is 0 Å². The quantitative estimate of drug-likeness (QED) is 0.201. The predicted octanol–water partition coefficient (Wildman–Crippen LogP) is 11.2. The van der Waals surface area contributed by atoms with E-state index in [1.807, 2.05) is 42.6 Å². The minimum atomic E-state index is -0.120. The van der Waals surface area contributed by atoms with Crippen molar-refractivity contribution in [2.75, 3.05) is 0 Å². The van der Waals surface area contributed by atoms with Gasteiger partial charge in [-0.3, -0.25) is 4.98 Å². The second-order valence-electron chi connectivity index (χ2n) is 12.9. The second kappa shape index (κ2) is 10.6. The van der Waals surface area contributed by atoms with Gasteiger partial charge in [0.1, 0.15) is 0 Å². The average Bonchev–Trinajstić information content (AvgIpc) is 3.36. The zero-order valence-corrected chi connectivity index (χ0v) is 26.3. The highest BCUT2D eigenvalue weighted by Gasteiger charge is 2.37. The number of hydrogen-bond acceptors (Lipinski definition) is 3. The van der Waals surface area contributed by atoms with E-state index in [1.54, 1.807) is 0 Å². The van der Waals surface area contributed by atoms with Crippen LogP contribution in [0.1, 0.15) is 25.0 Å². The Morgan fingerprint density at radius 2 is 1.11 bits per heavy atom. The van der Waals surface area contributed by atoms with E-state index in [4.69, 9.17) is 15.0 Å². The number of nitrogens with zero attached hydrogens (tertiary/aromatic N) is 3. The summed E-state index contributed by atoms with van der Waals surface area (Å²) in [7, 11) is 0. The van der Waals surface area contributed by atoms with Crippen molar-refractivity contribution >= 4 is 21.7 Å². The monoisotopic (exact) mass is 601 g/mol. The molecule has 0 bridgehead atoms. The highest BCUT2D eigenvalue weighted by atomic mass is 14.9. The Kier molecular flexibility index (Phi) is 6.16. The van der Waals surface area contributed by atoms with Crippen molar-refractivity contribution in [2.45, 2.75) is 19.3 Å². The molecule has 0 spiro atoms. The van der Waals surface area contributed by atoms with Crippen LogP contribution in [-0.2, 0) is 5.41 Å². The normalized spacial score (nSPS) is 13.1. The molecule has 222 valence electrons. The van der Waals surface area contributed by atoms with E-state index in [1.165, 1.54) is 38.6 Å². The van der Waals surface area contributed by atoms with Gasteiger partial charge in [0.2, 0.25) is 0 Å². The summed E-state index contributed by atoms with van der Waals surface area (Å²) < 4.78 is 0. The van der Waals surface area contributed by atoms with Gasteiger partial charge in [-0.25, -0.2) is 9.97 Å². The zero-order valence-electron chi connectivity index (χ0n) is 26.3. The lowest BCUT2D eigenvalue weighted by atomic mass is 9.81. The first-order valence-electron chi connectivity index (χ1n) is 16.1. The van der Waals surface area contributed by atoms with Crippen molar-refractivity contribution in [3.63, 3.8) is 0 Å². The lowest BCUT2D eigenvalue weighted by Gasteiger charge is -2.22. The maximum Gasteiger partial charge on any atom is 0.160 e. The van der Waals surface area contributed by atoms with Gasteiger partial charge in [0, 0.05) is 33.7 Å². The summed E-state index contributed by atoms with van der Waals surface area (Å²) in [6.07, 6.45) is 1.92. The van der Waals surface area contributed by atoms with Gasteiger partial charge in [-0.15, -0.1) is 0 Å². The Hall–Kier alpha value is -5.93. The summed E-state index contributed by atoms with van der Waals surface area (Å²) in [5.41, 5.74) is 13.3. The summed E-state index contributed by atoms with van der Waals surface area (Å²) in [4.78, 5) is 15.1. The summed E-state index contributed by atoms with van der Waals surface area (Å²) >= 11 is 0. The molecule has 8 aromatic rings. The molecular formula is C44H31N3. The van der Waals surface area contributed by atoms with E-state index < -0.39 is 0 Å². The lowest BCUT2D eigenvalue weighted by Crippen LogP contribution is -2.14. The van der Waals surface area contributed by atoms with Gasteiger partial charge in [-0.05, 0) is 74.5 Å². The summed E-state index contributed by atoms with van der Waals surface area (Å²) in [6, 6.07) is 51.6. The molecule has 47 heavy (non-hydrogen) atoms. The van der Waals surface area contributed by atoms with E-state index in [0.717, 1.165) is 44.5 Å². The Morgan fingerprint density at radius 1 is 0.447 bits per heavy atom. The molecule has 1 aliphatic carbocycles. The fraction of sp³-hybridized carbons (Fsp3) is 0.0682. The van der Waals surface area contributed by atoms with Crippen molar-refractivity contribution in [3.8, 4) is 56.2 Å². The molecule has 2 aromatic heterocycles. The maximum absolute atomic E-state index is 5.22. The van der Waals surface area contributed by atoms with Gasteiger partial charge in [0.15, 0.2) is 5.82 Å². The summed E-state index contributed by atoms with van der Waals surface area (Å²) in [6.45, 7) is 4.70. The molecule has 0 fully saturated rings. The number of para-hydroxylation sites is 1. The van der Waals surface area contributed by atoms with Crippen LogP contribution in [0, 0.1) is 0 Å². The first-order valence-corrected chi connectivity index (χ1v) is 16.1. The first kappa shape index (κ1) is 27.4. The van der Waals surface area contributed by atoms with Crippen molar-refractivity contribution in [1.82, 2.24) is 15.0 Å². The van der Waals surface area contributed by atoms with Gasteiger partial charge >= 0.3 is 0 Å². The molecule has 0 saturated carbocycles. The molecule has 0 amide bonds. The molecule has 3 nitrogen and oxygen atoms in total. The Labute approximate surface area is 274 Å².